The van der Waals surface area contributed by atoms with Crippen molar-refractivity contribution in [2.75, 3.05) is 6.54 Å². The minimum absolute atomic E-state index is 0.0300. The first-order chi connectivity index (χ1) is 16.8. The van der Waals surface area contributed by atoms with Crippen molar-refractivity contribution < 1.29 is 27.6 Å². The molecule has 8 nitrogen and oxygen atoms in total. The fourth-order valence-electron chi connectivity index (χ4n) is 5.77. The summed E-state index contributed by atoms with van der Waals surface area (Å²) >= 11 is 0. The molecule has 2 N–H and O–H groups in total. The summed E-state index contributed by atoms with van der Waals surface area (Å²) in [5, 5.41) is 14.2. The number of nitrogens with zero attached hydrogens (tertiary/aromatic N) is 3. The van der Waals surface area contributed by atoms with E-state index in [4.69, 9.17) is 0 Å². The van der Waals surface area contributed by atoms with Gasteiger partial charge in [0.15, 0.2) is 0 Å². The van der Waals surface area contributed by atoms with Crippen LogP contribution in [0, 0.1) is 40.4 Å². The predicted octanol–water partition coefficient (Wildman–Crippen LogP) is 2.50. The smallest absolute Gasteiger partial charge is 0.336 e. The van der Waals surface area contributed by atoms with Crippen LogP contribution < -0.4 is 10.6 Å². The van der Waals surface area contributed by atoms with Gasteiger partial charge in [0.25, 0.3) is 0 Å². The molecule has 1 unspecified atom stereocenters. The van der Waals surface area contributed by atoms with Gasteiger partial charge in [-0.25, -0.2) is 0 Å². The molecule has 1 saturated carbocycles. The SMILES string of the molecule is CC(C)(C)[C@H](NC(=O)C(F)(F)F)C(=O)N1C[C@H]2[C@@H]([C@H]1C(=O)NC(C#N)c1cccnc1)[C@H]1C=C[C@@H]2C1. The maximum absolute atomic E-state index is 13.7. The monoisotopic (exact) mass is 503 g/mol. The lowest BCUT2D eigenvalue weighted by Gasteiger charge is -2.37. The van der Waals surface area contributed by atoms with Crippen LogP contribution in [0.5, 0.6) is 0 Å². The van der Waals surface area contributed by atoms with Crippen molar-refractivity contribution in [3.63, 3.8) is 0 Å². The summed E-state index contributed by atoms with van der Waals surface area (Å²) < 4.78 is 39.1. The van der Waals surface area contributed by atoms with Gasteiger partial charge in [0.1, 0.15) is 18.1 Å². The predicted molar refractivity (Wildman–Crippen MR) is 121 cm³/mol. The lowest BCUT2D eigenvalue weighted by Crippen LogP contribution is -2.60. The van der Waals surface area contributed by atoms with Crippen LogP contribution >= 0.6 is 0 Å². The third-order valence-corrected chi connectivity index (χ3v) is 7.43. The molecule has 11 heteroatoms. The number of alkyl halides is 3. The second kappa shape index (κ2) is 9.22. The van der Waals surface area contributed by atoms with Gasteiger partial charge in [-0.2, -0.15) is 18.4 Å². The lowest BCUT2D eigenvalue weighted by molar-refractivity contribution is -0.176. The Kier molecular flexibility index (Phi) is 6.58. The van der Waals surface area contributed by atoms with Crippen molar-refractivity contribution in [2.45, 2.75) is 51.5 Å². The number of hydrogen-bond acceptors (Lipinski definition) is 5. The summed E-state index contributed by atoms with van der Waals surface area (Å²) in [4.78, 5) is 44.4. The standard InChI is InChI=1S/C25H28F3N5O3/c1-24(2,3)20(32-23(36)25(26,27)28)22(35)33-12-16-13-6-7-14(9-13)18(16)19(33)21(34)31-17(10-29)15-5-4-8-30-11-15/h4-8,11,13-14,16-20H,9,12H2,1-3H3,(H,31,34)(H,32,36)/t13-,14+,16-,17?,18+,19+,20-/m1/s1. The second-order valence-corrected chi connectivity index (χ2v) is 10.8. The summed E-state index contributed by atoms with van der Waals surface area (Å²) in [5.74, 6) is -3.56. The first kappa shape index (κ1) is 25.7. The van der Waals surface area contributed by atoms with E-state index in [1.54, 1.807) is 32.9 Å². The number of aromatic nitrogens is 1. The molecular formula is C25H28F3N5O3. The summed E-state index contributed by atoms with van der Waals surface area (Å²) in [6.45, 7) is 4.85. The van der Waals surface area contributed by atoms with Crippen molar-refractivity contribution in [3.8, 4) is 6.07 Å². The Bertz CT molecular complexity index is 1110. The minimum atomic E-state index is -5.16. The van der Waals surface area contributed by atoms with Gasteiger partial charge in [-0.05, 0) is 41.6 Å². The third kappa shape index (κ3) is 4.68. The van der Waals surface area contributed by atoms with E-state index in [-0.39, 0.29) is 30.2 Å². The van der Waals surface area contributed by atoms with Crippen molar-refractivity contribution in [3.05, 3.63) is 42.2 Å². The molecule has 4 rings (SSSR count). The maximum atomic E-state index is 13.7. The number of likely N-dealkylation sites (tertiary alicyclic amines) is 1. The molecule has 1 saturated heterocycles. The number of allylic oxidation sites excluding steroid dienone is 2. The van der Waals surface area contributed by atoms with Gasteiger partial charge < -0.3 is 15.5 Å². The molecule has 2 bridgehead atoms. The molecule has 2 heterocycles. The van der Waals surface area contributed by atoms with Gasteiger partial charge in [0.2, 0.25) is 11.8 Å². The Morgan fingerprint density at radius 1 is 1.17 bits per heavy atom. The Labute approximate surface area is 206 Å². The normalized spacial score (nSPS) is 28.2. The van der Waals surface area contributed by atoms with E-state index in [1.807, 2.05) is 17.5 Å². The molecule has 0 aromatic carbocycles. The first-order valence-corrected chi connectivity index (χ1v) is 11.8. The molecular weight excluding hydrogens is 475 g/mol. The van der Waals surface area contributed by atoms with Gasteiger partial charge in [-0.15, -0.1) is 0 Å². The zero-order valence-corrected chi connectivity index (χ0v) is 20.1. The van der Waals surface area contributed by atoms with E-state index in [0.717, 1.165) is 6.42 Å². The first-order valence-electron chi connectivity index (χ1n) is 11.8. The van der Waals surface area contributed by atoms with Gasteiger partial charge in [-0.3, -0.25) is 19.4 Å². The van der Waals surface area contributed by atoms with Crippen molar-refractivity contribution in [2.24, 2.45) is 29.1 Å². The average molecular weight is 504 g/mol. The molecule has 2 aliphatic carbocycles. The highest BCUT2D eigenvalue weighted by atomic mass is 19.4. The van der Waals surface area contributed by atoms with Gasteiger partial charge in [-0.1, -0.05) is 39.0 Å². The van der Waals surface area contributed by atoms with Crippen LogP contribution in [0.25, 0.3) is 0 Å². The van der Waals surface area contributed by atoms with E-state index in [2.05, 4.69) is 16.4 Å². The zero-order chi connectivity index (χ0) is 26.4. The number of halogens is 3. The Balaban J connectivity index is 1.64. The number of rotatable bonds is 5. The molecule has 1 aromatic heterocycles. The number of carbonyl (C=O) groups is 3. The van der Waals surface area contributed by atoms with Crippen molar-refractivity contribution in [1.82, 2.24) is 20.5 Å². The zero-order valence-electron chi connectivity index (χ0n) is 20.1. The van der Waals surface area contributed by atoms with Crippen LogP contribution in [0.3, 0.4) is 0 Å². The minimum Gasteiger partial charge on any atom is -0.336 e. The number of hydrogen-bond donors (Lipinski definition) is 2. The van der Waals surface area contributed by atoms with Crippen molar-refractivity contribution >= 4 is 17.7 Å². The van der Waals surface area contributed by atoms with E-state index >= 15 is 0 Å². The second-order valence-electron chi connectivity index (χ2n) is 10.8. The molecule has 1 aliphatic heterocycles. The topological polar surface area (TPSA) is 115 Å². The summed E-state index contributed by atoms with van der Waals surface area (Å²) in [6.07, 6.45) is 2.76. The Morgan fingerprint density at radius 3 is 2.44 bits per heavy atom. The van der Waals surface area contributed by atoms with Crippen LogP contribution in [0.4, 0.5) is 13.2 Å². The van der Waals surface area contributed by atoms with E-state index in [9.17, 15) is 32.8 Å². The summed E-state index contributed by atoms with van der Waals surface area (Å²) in [6, 6.07) is 1.80. The van der Waals surface area contributed by atoms with Crippen LogP contribution in [0.15, 0.2) is 36.7 Å². The van der Waals surface area contributed by atoms with Gasteiger partial charge >= 0.3 is 12.1 Å². The molecule has 2 fully saturated rings. The molecule has 7 atom stereocenters. The number of fused-ring (bicyclic) bond motifs is 5. The number of amides is 3. The lowest BCUT2D eigenvalue weighted by atomic mass is 9.81. The molecule has 1 aromatic rings. The van der Waals surface area contributed by atoms with E-state index in [0.29, 0.717) is 5.56 Å². The summed E-state index contributed by atoms with van der Waals surface area (Å²) in [7, 11) is 0. The average Bonchev–Trinajstić information content (AvgIpc) is 3.52. The number of pyridine rings is 1. The van der Waals surface area contributed by atoms with Crippen LogP contribution in [-0.2, 0) is 14.4 Å². The number of carbonyl (C=O) groups excluding carboxylic acids is 3. The Morgan fingerprint density at radius 2 is 1.86 bits per heavy atom. The van der Waals surface area contributed by atoms with Gasteiger partial charge in [0.05, 0.1) is 6.07 Å². The molecule has 0 radical (unpaired) electrons. The molecule has 192 valence electrons. The fourth-order valence-corrected chi connectivity index (χ4v) is 5.77. The summed E-state index contributed by atoms with van der Waals surface area (Å²) in [5.41, 5.74) is -0.586. The molecule has 3 aliphatic rings. The van der Waals surface area contributed by atoms with Gasteiger partial charge in [0, 0.05) is 24.5 Å². The van der Waals surface area contributed by atoms with Crippen LogP contribution in [-0.4, -0.2) is 52.4 Å². The quantitative estimate of drug-likeness (QED) is 0.600. The fraction of sp³-hybridized carbons (Fsp3) is 0.560. The van der Waals surface area contributed by atoms with E-state index < -0.39 is 47.4 Å². The maximum Gasteiger partial charge on any atom is 0.471 e. The number of nitrogens with one attached hydrogen (secondary N) is 2. The van der Waals surface area contributed by atoms with Crippen molar-refractivity contribution in [1.29, 1.82) is 5.26 Å². The van der Waals surface area contributed by atoms with Crippen LogP contribution in [0.2, 0.25) is 0 Å². The number of nitriles is 1. The Hall–Kier alpha value is -3.42. The highest BCUT2D eigenvalue weighted by Gasteiger charge is 2.59. The largest absolute Gasteiger partial charge is 0.471 e. The third-order valence-electron chi connectivity index (χ3n) is 7.43. The highest BCUT2D eigenvalue weighted by Crippen LogP contribution is 2.54. The molecule has 36 heavy (non-hydrogen) atoms. The van der Waals surface area contributed by atoms with Crippen LogP contribution in [0.1, 0.15) is 38.8 Å². The van der Waals surface area contributed by atoms with E-state index in [1.165, 1.54) is 17.3 Å². The molecule has 0 spiro atoms. The highest BCUT2D eigenvalue weighted by molar-refractivity contribution is 5.94. The molecule has 3 amide bonds.